The Labute approximate surface area is 251 Å². The van der Waals surface area contributed by atoms with Crippen molar-refractivity contribution in [1.29, 1.82) is 0 Å². The van der Waals surface area contributed by atoms with Crippen molar-refractivity contribution >= 4 is 44.9 Å². The molecule has 2 atom stereocenters. The first-order valence-corrected chi connectivity index (χ1v) is 15.1. The van der Waals surface area contributed by atoms with E-state index in [2.05, 4.69) is 20.4 Å². The highest BCUT2D eigenvalue weighted by Gasteiger charge is 2.38. The Morgan fingerprint density at radius 2 is 1.84 bits per heavy atom. The van der Waals surface area contributed by atoms with Crippen LogP contribution in [0.4, 0.5) is 0 Å². The van der Waals surface area contributed by atoms with Gasteiger partial charge in [0.15, 0.2) is 5.65 Å². The number of amides is 3. The molecule has 2 aromatic carbocycles. The highest BCUT2D eigenvalue weighted by Crippen LogP contribution is 2.32. The van der Waals surface area contributed by atoms with Gasteiger partial charge in [0.1, 0.15) is 12.1 Å². The fourth-order valence-electron chi connectivity index (χ4n) is 5.86. The van der Waals surface area contributed by atoms with Crippen molar-refractivity contribution < 1.29 is 19.1 Å². The van der Waals surface area contributed by atoms with E-state index < -0.39 is 0 Å². The zero-order valence-corrected chi connectivity index (χ0v) is 24.1. The Balaban J connectivity index is 1.15. The number of ether oxygens (including phenoxy) is 1. The molecule has 0 radical (unpaired) electrons. The predicted octanol–water partition coefficient (Wildman–Crippen LogP) is 3.38. The van der Waals surface area contributed by atoms with Gasteiger partial charge in [-0.3, -0.25) is 14.4 Å². The van der Waals surface area contributed by atoms with Gasteiger partial charge in [0.25, 0.3) is 11.8 Å². The van der Waals surface area contributed by atoms with Gasteiger partial charge < -0.3 is 19.9 Å². The molecule has 1 saturated heterocycles. The number of aromatic nitrogens is 4. The lowest BCUT2D eigenvalue weighted by atomic mass is 9.94. The normalized spacial score (nSPS) is 19.5. The largest absolute Gasteiger partial charge is 0.494 e. The first-order chi connectivity index (χ1) is 21.0. The van der Waals surface area contributed by atoms with Crippen LogP contribution in [-0.2, 0) is 4.79 Å². The van der Waals surface area contributed by atoms with Gasteiger partial charge in [-0.2, -0.15) is 5.10 Å². The number of nitrogens with zero attached hydrogens (tertiary/aromatic N) is 6. The van der Waals surface area contributed by atoms with Crippen LogP contribution in [0.15, 0.2) is 72.6 Å². The van der Waals surface area contributed by atoms with Crippen molar-refractivity contribution in [3.05, 3.63) is 89.3 Å². The average molecular weight is 596 g/mol. The smallest absolute Gasteiger partial charge is 0.254 e. The number of likely N-dealkylation sites (tertiary alicyclic amines) is 1. The van der Waals surface area contributed by atoms with Crippen LogP contribution in [-0.4, -0.2) is 85.9 Å². The monoisotopic (exact) mass is 595 g/mol. The molecule has 3 amide bonds. The fourth-order valence-corrected chi connectivity index (χ4v) is 6.58. The second-order valence-corrected chi connectivity index (χ2v) is 11.7. The van der Waals surface area contributed by atoms with Crippen molar-refractivity contribution in [2.45, 2.75) is 24.8 Å². The summed E-state index contributed by atoms with van der Waals surface area (Å²) in [5.41, 5.74) is 5.20. The molecule has 5 aromatic rings. The van der Waals surface area contributed by atoms with Gasteiger partial charge in [-0.05, 0) is 60.9 Å². The summed E-state index contributed by atoms with van der Waals surface area (Å²) >= 11 is 1.50. The van der Waals surface area contributed by atoms with E-state index in [9.17, 15) is 14.4 Å². The number of rotatable bonds is 2. The van der Waals surface area contributed by atoms with Gasteiger partial charge in [-0.1, -0.05) is 12.1 Å². The second-order valence-electron chi connectivity index (χ2n) is 10.9. The van der Waals surface area contributed by atoms with Gasteiger partial charge >= 0.3 is 0 Å². The fraction of sp³-hybridized carbons (Fsp3) is 0.290. The summed E-state index contributed by atoms with van der Waals surface area (Å²) < 4.78 is 8.60. The van der Waals surface area contributed by atoms with Crippen molar-refractivity contribution in [2.24, 2.45) is 0 Å². The summed E-state index contributed by atoms with van der Waals surface area (Å²) in [5.74, 6) is -0.0162. The van der Waals surface area contributed by atoms with Crippen molar-refractivity contribution in [1.82, 2.24) is 34.7 Å². The van der Waals surface area contributed by atoms with Crippen LogP contribution in [0.25, 0.3) is 15.9 Å². The molecular formula is C31H29N7O4S. The lowest BCUT2D eigenvalue weighted by Crippen LogP contribution is -2.47. The summed E-state index contributed by atoms with van der Waals surface area (Å²) in [4.78, 5) is 52.6. The minimum atomic E-state index is -0.342. The molecule has 2 aliphatic rings. The minimum absolute atomic E-state index is 0.0944. The van der Waals surface area contributed by atoms with Crippen molar-refractivity contribution in [3.63, 3.8) is 0 Å². The van der Waals surface area contributed by atoms with Crippen molar-refractivity contribution in [3.8, 4) is 5.75 Å². The third-order valence-electron chi connectivity index (χ3n) is 8.06. The average Bonchev–Trinajstić information content (AvgIpc) is 3.78. The molecule has 0 aliphatic carbocycles. The molecule has 12 heteroatoms. The summed E-state index contributed by atoms with van der Waals surface area (Å²) in [6.45, 7) is 1.57. The highest BCUT2D eigenvalue weighted by molar-refractivity contribution is 7.16. The van der Waals surface area contributed by atoms with E-state index >= 15 is 0 Å². The van der Waals surface area contributed by atoms with E-state index in [1.54, 1.807) is 44.2 Å². The number of pyridine rings is 1. The first-order valence-electron chi connectivity index (χ1n) is 14.3. The second kappa shape index (κ2) is 11.4. The van der Waals surface area contributed by atoms with E-state index in [1.807, 2.05) is 36.4 Å². The molecule has 218 valence electrons. The standard InChI is InChI=1S/C31H29N7O4S/c39-29-17-36(30(40)22-8-10-38-28(14-22)32-18-34-38)9-1-2-11-42-23-5-3-4-20(12-23)24-15-37(16-26(24)35-29)31(41)21-6-7-25-27(13-21)43-19-33-25/h3-8,10,12-14,18-19,24,26H,1-2,9,11,15-17H2,(H,35,39)/t24-,26+/m1/s1. The quantitative estimate of drug-likeness (QED) is 0.332. The Bertz CT molecular complexity index is 1840. The van der Waals surface area contributed by atoms with Gasteiger partial charge in [0, 0.05) is 42.9 Å². The summed E-state index contributed by atoms with van der Waals surface area (Å²) in [7, 11) is 0. The van der Waals surface area contributed by atoms with Crippen LogP contribution in [0.2, 0.25) is 0 Å². The number of carbonyl (C=O) groups excluding carboxylic acids is 3. The van der Waals surface area contributed by atoms with Gasteiger partial charge in [-0.25, -0.2) is 14.5 Å². The molecule has 0 saturated carbocycles. The predicted molar refractivity (Wildman–Crippen MR) is 160 cm³/mol. The molecule has 5 heterocycles. The molecule has 43 heavy (non-hydrogen) atoms. The molecule has 11 nitrogen and oxygen atoms in total. The van der Waals surface area contributed by atoms with Gasteiger partial charge in [0.2, 0.25) is 5.91 Å². The Morgan fingerprint density at radius 1 is 0.953 bits per heavy atom. The molecule has 1 fully saturated rings. The van der Waals surface area contributed by atoms with Crippen LogP contribution in [0.1, 0.15) is 45.0 Å². The van der Waals surface area contributed by atoms with Crippen LogP contribution >= 0.6 is 11.3 Å². The molecule has 7 rings (SSSR count). The molecule has 3 aromatic heterocycles. The summed E-state index contributed by atoms with van der Waals surface area (Å²) in [5, 5.41) is 7.26. The molecule has 2 aliphatic heterocycles. The number of benzene rings is 2. The number of nitrogens with one attached hydrogen (secondary N) is 1. The zero-order valence-electron chi connectivity index (χ0n) is 23.3. The van der Waals surface area contributed by atoms with E-state index in [-0.39, 0.29) is 36.2 Å². The van der Waals surface area contributed by atoms with E-state index in [0.717, 1.165) is 28.0 Å². The number of hydrogen-bond donors (Lipinski definition) is 1. The molecule has 1 N–H and O–H groups in total. The number of thiazole rings is 1. The highest BCUT2D eigenvalue weighted by atomic mass is 32.1. The van der Waals surface area contributed by atoms with E-state index in [0.29, 0.717) is 49.4 Å². The van der Waals surface area contributed by atoms with E-state index in [4.69, 9.17) is 4.74 Å². The molecule has 2 bridgehead atoms. The topological polar surface area (TPSA) is 122 Å². The summed E-state index contributed by atoms with van der Waals surface area (Å²) in [6.07, 6.45) is 4.50. The van der Waals surface area contributed by atoms with E-state index in [1.165, 1.54) is 17.7 Å². The first kappa shape index (κ1) is 27.0. The van der Waals surface area contributed by atoms with Crippen LogP contribution in [0.3, 0.4) is 0 Å². The maximum atomic E-state index is 13.7. The Morgan fingerprint density at radius 3 is 2.77 bits per heavy atom. The van der Waals surface area contributed by atoms with Crippen molar-refractivity contribution in [2.75, 3.05) is 32.8 Å². The zero-order chi connectivity index (χ0) is 29.3. The lowest BCUT2D eigenvalue weighted by Gasteiger charge is -2.26. The molecule has 0 spiro atoms. The number of hydrogen-bond acceptors (Lipinski definition) is 8. The number of carbonyl (C=O) groups is 3. The molecular weight excluding hydrogens is 566 g/mol. The van der Waals surface area contributed by atoms with Crippen LogP contribution < -0.4 is 10.1 Å². The summed E-state index contributed by atoms with van der Waals surface area (Å²) in [6, 6.07) is 16.4. The Hall–Kier alpha value is -4.84. The third-order valence-corrected chi connectivity index (χ3v) is 8.85. The SMILES string of the molecule is O=C1CN(C(=O)c2ccn3ncnc3c2)CCCCOc2cccc(c2)[C@H]2CN(C(=O)c3ccc4ncsc4c3)C[C@@H]2N1. The van der Waals surface area contributed by atoms with Crippen LogP contribution in [0.5, 0.6) is 5.75 Å². The third kappa shape index (κ3) is 5.53. The molecule has 0 unspecified atom stereocenters. The maximum absolute atomic E-state index is 13.7. The number of fused-ring (bicyclic) bond motifs is 6. The van der Waals surface area contributed by atoms with Crippen LogP contribution in [0, 0.1) is 0 Å². The minimum Gasteiger partial charge on any atom is -0.494 e. The van der Waals surface area contributed by atoms with Gasteiger partial charge in [-0.15, -0.1) is 11.3 Å². The van der Waals surface area contributed by atoms with Gasteiger partial charge in [0.05, 0.1) is 34.9 Å². The lowest BCUT2D eigenvalue weighted by molar-refractivity contribution is -0.122. The maximum Gasteiger partial charge on any atom is 0.254 e. The Kier molecular flexibility index (Phi) is 7.19.